The molecule has 0 aromatic heterocycles. The quantitative estimate of drug-likeness (QED) is 0.538. The zero-order valence-electron chi connectivity index (χ0n) is 12.3. The third kappa shape index (κ3) is 5.71. The Balaban J connectivity index is 2.26. The first-order valence-electron chi connectivity index (χ1n) is 7.41. The number of likely N-dealkylation sites (tertiary alicyclic amines) is 1. The first-order valence-corrected chi connectivity index (χ1v) is 7.41. The molecule has 1 atom stereocenters. The van der Waals surface area contributed by atoms with Gasteiger partial charge in [0.05, 0.1) is 6.54 Å². The minimum Gasteiger partial charge on any atom is -0.370 e. The van der Waals surface area contributed by atoms with Crippen LogP contribution in [0.3, 0.4) is 0 Å². The van der Waals surface area contributed by atoms with Gasteiger partial charge in [0.1, 0.15) is 0 Å². The molecule has 1 aliphatic rings. The van der Waals surface area contributed by atoms with Crippen molar-refractivity contribution in [2.24, 2.45) is 16.6 Å². The fraction of sp³-hybridized carbons (Fsp3) is 0.929. The summed E-state index contributed by atoms with van der Waals surface area (Å²) < 4.78 is 0. The van der Waals surface area contributed by atoms with Crippen molar-refractivity contribution >= 4 is 5.96 Å². The number of rotatable bonds is 7. The Bertz CT molecular complexity index is 244. The van der Waals surface area contributed by atoms with Gasteiger partial charge < -0.3 is 11.1 Å². The topological polar surface area (TPSA) is 53.6 Å². The minimum atomic E-state index is 0.568. The molecule has 0 aromatic carbocycles. The summed E-state index contributed by atoms with van der Waals surface area (Å²) in [6.07, 6.45) is 4.97. The molecule has 4 heteroatoms. The van der Waals surface area contributed by atoms with E-state index in [4.69, 9.17) is 5.73 Å². The number of aliphatic imine (C=N–C) groups is 1. The summed E-state index contributed by atoms with van der Waals surface area (Å²) in [5.74, 6) is 1.31. The molecule has 1 heterocycles. The van der Waals surface area contributed by atoms with Crippen LogP contribution in [-0.2, 0) is 0 Å². The maximum atomic E-state index is 5.88. The molecule has 1 unspecified atom stereocenters. The number of hydrogen-bond donors (Lipinski definition) is 2. The SMILES string of the molecule is CCC(CN=C(N)NCCC(C)C)N1CCCC1. The predicted molar refractivity (Wildman–Crippen MR) is 78.8 cm³/mol. The minimum absolute atomic E-state index is 0.568. The van der Waals surface area contributed by atoms with Crippen LogP contribution in [0.2, 0.25) is 0 Å². The summed E-state index contributed by atoms with van der Waals surface area (Å²) in [6, 6.07) is 0.568. The maximum Gasteiger partial charge on any atom is 0.188 e. The maximum absolute atomic E-state index is 5.88. The highest BCUT2D eigenvalue weighted by molar-refractivity contribution is 5.77. The summed E-state index contributed by atoms with van der Waals surface area (Å²) in [7, 11) is 0. The highest BCUT2D eigenvalue weighted by Gasteiger charge is 2.19. The molecule has 3 N–H and O–H groups in total. The Morgan fingerprint density at radius 3 is 2.56 bits per heavy atom. The van der Waals surface area contributed by atoms with E-state index in [9.17, 15) is 0 Å². The van der Waals surface area contributed by atoms with Gasteiger partial charge in [0.25, 0.3) is 0 Å². The van der Waals surface area contributed by atoms with Crippen LogP contribution < -0.4 is 11.1 Å². The molecule has 106 valence electrons. The predicted octanol–water partition coefficient (Wildman–Crippen LogP) is 1.81. The van der Waals surface area contributed by atoms with Crippen LogP contribution in [0, 0.1) is 5.92 Å². The molecule has 1 saturated heterocycles. The van der Waals surface area contributed by atoms with Crippen molar-refractivity contribution in [2.75, 3.05) is 26.2 Å². The summed E-state index contributed by atoms with van der Waals surface area (Å²) in [5.41, 5.74) is 5.88. The molecule has 1 rings (SSSR count). The van der Waals surface area contributed by atoms with Gasteiger partial charge in [-0.2, -0.15) is 0 Å². The van der Waals surface area contributed by atoms with Crippen molar-refractivity contribution in [3.63, 3.8) is 0 Å². The van der Waals surface area contributed by atoms with Crippen LogP contribution in [0.5, 0.6) is 0 Å². The Hall–Kier alpha value is -0.770. The van der Waals surface area contributed by atoms with Crippen molar-refractivity contribution in [2.45, 2.75) is 52.5 Å². The Kier molecular flexibility index (Phi) is 7.09. The number of nitrogens with zero attached hydrogens (tertiary/aromatic N) is 2. The number of guanidine groups is 1. The zero-order chi connectivity index (χ0) is 13.4. The van der Waals surface area contributed by atoms with E-state index in [2.05, 4.69) is 36.0 Å². The average Bonchev–Trinajstić information content (AvgIpc) is 2.83. The second kappa shape index (κ2) is 8.35. The molecular formula is C14H30N4. The van der Waals surface area contributed by atoms with Gasteiger partial charge in [-0.3, -0.25) is 9.89 Å². The summed E-state index contributed by atoms with van der Waals surface area (Å²) >= 11 is 0. The van der Waals surface area contributed by atoms with E-state index in [1.165, 1.54) is 25.9 Å². The monoisotopic (exact) mass is 254 g/mol. The largest absolute Gasteiger partial charge is 0.370 e. The van der Waals surface area contributed by atoms with E-state index in [-0.39, 0.29) is 0 Å². The third-order valence-corrected chi connectivity index (χ3v) is 3.63. The summed E-state index contributed by atoms with van der Waals surface area (Å²) in [6.45, 7) is 10.9. The molecule has 0 amide bonds. The Morgan fingerprint density at radius 2 is 2.00 bits per heavy atom. The molecular weight excluding hydrogens is 224 g/mol. The lowest BCUT2D eigenvalue weighted by molar-refractivity contribution is 0.242. The van der Waals surface area contributed by atoms with E-state index in [1.807, 2.05) is 0 Å². The smallest absolute Gasteiger partial charge is 0.188 e. The van der Waals surface area contributed by atoms with Crippen LogP contribution in [-0.4, -0.2) is 43.1 Å². The van der Waals surface area contributed by atoms with Gasteiger partial charge in [-0.15, -0.1) is 0 Å². The van der Waals surface area contributed by atoms with Crippen LogP contribution in [0.4, 0.5) is 0 Å². The van der Waals surface area contributed by atoms with E-state index < -0.39 is 0 Å². The van der Waals surface area contributed by atoms with Crippen molar-refractivity contribution in [3.8, 4) is 0 Å². The molecule has 0 aliphatic carbocycles. The summed E-state index contributed by atoms with van der Waals surface area (Å²) in [4.78, 5) is 7.02. The summed E-state index contributed by atoms with van der Waals surface area (Å²) in [5, 5.41) is 3.19. The Labute approximate surface area is 112 Å². The fourth-order valence-corrected chi connectivity index (χ4v) is 2.36. The number of nitrogens with one attached hydrogen (secondary N) is 1. The van der Waals surface area contributed by atoms with Gasteiger partial charge in [0, 0.05) is 12.6 Å². The van der Waals surface area contributed by atoms with Gasteiger partial charge in [-0.25, -0.2) is 0 Å². The number of nitrogens with two attached hydrogens (primary N) is 1. The van der Waals surface area contributed by atoms with Crippen molar-refractivity contribution in [1.82, 2.24) is 10.2 Å². The van der Waals surface area contributed by atoms with Crippen molar-refractivity contribution < 1.29 is 0 Å². The van der Waals surface area contributed by atoms with Gasteiger partial charge in [-0.1, -0.05) is 20.8 Å². The molecule has 0 radical (unpaired) electrons. The van der Waals surface area contributed by atoms with Gasteiger partial charge in [0.15, 0.2) is 5.96 Å². The Morgan fingerprint density at radius 1 is 1.33 bits per heavy atom. The lowest BCUT2D eigenvalue weighted by Gasteiger charge is -2.24. The first-order chi connectivity index (χ1) is 8.63. The van der Waals surface area contributed by atoms with Crippen LogP contribution in [0.1, 0.15) is 46.5 Å². The van der Waals surface area contributed by atoms with E-state index in [0.717, 1.165) is 25.9 Å². The van der Waals surface area contributed by atoms with E-state index in [0.29, 0.717) is 17.9 Å². The number of hydrogen-bond acceptors (Lipinski definition) is 2. The molecule has 0 bridgehead atoms. The van der Waals surface area contributed by atoms with Gasteiger partial charge in [-0.05, 0) is 44.7 Å². The fourth-order valence-electron chi connectivity index (χ4n) is 2.36. The molecule has 4 nitrogen and oxygen atoms in total. The molecule has 0 saturated carbocycles. The normalized spacial score (nSPS) is 19.4. The van der Waals surface area contributed by atoms with Crippen molar-refractivity contribution in [1.29, 1.82) is 0 Å². The van der Waals surface area contributed by atoms with Gasteiger partial charge in [0.2, 0.25) is 0 Å². The first kappa shape index (κ1) is 15.3. The second-order valence-electron chi connectivity index (χ2n) is 5.64. The van der Waals surface area contributed by atoms with Crippen LogP contribution in [0.15, 0.2) is 4.99 Å². The highest BCUT2D eigenvalue weighted by atomic mass is 15.2. The van der Waals surface area contributed by atoms with E-state index >= 15 is 0 Å². The third-order valence-electron chi connectivity index (χ3n) is 3.63. The molecule has 1 fully saturated rings. The standard InChI is InChI=1S/C14H30N4/c1-4-13(18-9-5-6-10-18)11-17-14(15)16-8-7-12(2)3/h12-13H,4-11H2,1-3H3,(H3,15,16,17). The molecule has 0 spiro atoms. The van der Waals surface area contributed by atoms with Crippen LogP contribution >= 0.6 is 0 Å². The molecule has 0 aromatic rings. The lowest BCUT2D eigenvalue weighted by Crippen LogP contribution is -2.37. The van der Waals surface area contributed by atoms with Crippen LogP contribution in [0.25, 0.3) is 0 Å². The highest BCUT2D eigenvalue weighted by Crippen LogP contribution is 2.14. The lowest BCUT2D eigenvalue weighted by atomic mass is 10.1. The van der Waals surface area contributed by atoms with E-state index in [1.54, 1.807) is 0 Å². The van der Waals surface area contributed by atoms with Gasteiger partial charge >= 0.3 is 0 Å². The zero-order valence-corrected chi connectivity index (χ0v) is 12.3. The molecule has 1 aliphatic heterocycles. The molecule has 18 heavy (non-hydrogen) atoms. The second-order valence-corrected chi connectivity index (χ2v) is 5.64. The average molecular weight is 254 g/mol. The van der Waals surface area contributed by atoms with Crippen molar-refractivity contribution in [3.05, 3.63) is 0 Å².